The predicted molar refractivity (Wildman–Crippen MR) is 235 cm³/mol. The van der Waals surface area contributed by atoms with Gasteiger partial charge in [0.15, 0.2) is 0 Å². The summed E-state index contributed by atoms with van der Waals surface area (Å²) in [4.78, 5) is 9.30. The molecule has 0 saturated carbocycles. The van der Waals surface area contributed by atoms with E-state index >= 15 is 0 Å². The summed E-state index contributed by atoms with van der Waals surface area (Å²) in [6.07, 6.45) is 1.40. The minimum atomic E-state index is -0.795. The molecule has 0 amide bonds. The molecule has 0 spiro atoms. The van der Waals surface area contributed by atoms with Gasteiger partial charge < -0.3 is 4.42 Å². The van der Waals surface area contributed by atoms with Gasteiger partial charge in [-0.05, 0) is 80.4 Å². The molecule has 8 aromatic carbocycles. The third-order valence-corrected chi connectivity index (χ3v) is 10.5. The lowest BCUT2D eigenvalue weighted by atomic mass is 9.96. The highest BCUT2D eigenvalue weighted by Crippen LogP contribution is 2.41. The zero-order chi connectivity index (χ0) is 54.4. The molecular formula is C52H32N2OS. The van der Waals surface area contributed by atoms with Gasteiger partial charge in [0.05, 0.1) is 43.3 Å². The highest BCUT2D eigenvalue weighted by Gasteiger charge is 2.16. The quantitative estimate of drug-likeness (QED) is 0.170. The lowest BCUT2D eigenvalue weighted by Crippen LogP contribution is -1.87. The monoisotopic (exact) mass is 752 g/mol. The van der Waals surface area contributed by atoms with E-state index < -0.39 is 131 Å². The molecule has 0 aliphatic carbocycles. The Morgan fingerprint density at radius 3 is 1.96 bits per heavy atom. The van der Waals surface area contributed by atoms with Crippen LogP contribution in [-0.2, 0) is 0 Å². The lowest BCUT2D eigenvalue weighted by molar-refractivity contribution is 0.670. The highest BCUT2D eigenvalue weighted by atomic mass is 32.1. The molecule has 0 bridgehead atoms. The summed E-state index contributed by atoms with van der Waals surface area (Å²) in [5.74, 6) is 0. The fourth-order valence-electron chi connectivity index (χ4n) is 6.70. The van der Waals surface area contributed by atoms with Crippen molar-refractivity contribution in [2.75, 3.05) is 0 Å². The van der Waals surface area contributed by atoms with Crippen molar-refractivity contribution in [3.05, 3.63) is 194 Å². The molecule has 0 saturated heterocycles. The Hall–Kier alpha value is -7.14. The van der Waals surface area contributed by atoms with E-state index in [-0.39, 0.29) is 50.7 Å². The van der Waals surface area contributed by atoms with E-state index in [1.165, 1.54) is 17.7 Å². The predicted octanol–water partition coefficient (Wildman–Crippen LogP) is 14.7. The standard InChI is InChI=1S/C52H32N2OS/c1-2-9-33(10-3-1)34-19-21-35(22-20-34)38-11-6-13-40(29-38)41-27-28-48-46(31-41)50-52(56-48)49(53-32-54-50)42-14-7-12-39(30-42)36-23-25-37(26-24-36)43-16-8-17-45-44-15-4-5-18-47(44)55-51(43)45/h1-32H/i1D,2D,3D,4D,5D,6D,8D,9D,10D,11D,13D,15D,16D,17D,18D,19D,20D,21D,22D,29D. The molecule has 3 heterocycles. The topological polar surface area (TPSA) is 38.9 Å². The molecule has 4 heteroatoms. The number of rotatable bonds is 6. The van der Waals surface area contributed by atoms with Crippen molar-refractivity contribution in [1.29, 1.82) is 0 Å². The van der Waals surface area contributed by atoms with Crippen LogP contribution in [0.25, 0.3) is 109 Å². The highest BCUT2D eigenvalue weighted by molar-refractivity contribution is 7.26. The average Bonchev–Trinajstić information content (AvgIpc) is 4.02. The summed E-state index contributed by atoms with van der Waals surface area (Å²) < 4.78 is 180. The van der Waals surface area contributed by atoms with E-state index in [4.69, 9.17) is 30.5 Å². The van der Waals surface area contributed by atoms with Crippen molar-refractivity contribution >= 4 is 53.6 Å². The molecule has 0 fully saturated rings. The van der Waals surface area contributed by atoms with Gasteiger partial charge in [0, 0.05) is 32.0 Å². The van der Waals surface area contributed by atoms with Crippen LogP contribution in [-0.4, -0.2) is 9.97 Å². The van der Waals surface area contributed by atoms with Crippen LogP contribution in [0, 0.1) is 0 Å². The van der Waals surface area contributed by atoms with Crippen LogP contribution in [0.3, 0.4) is 0 Å². The van der Waals surface area contributed by atoms with Gasteiger partial charge in [-0.3, -0.25) is 0 Å². The zero-order valence-electron chi connectivity index (χ0n) is 48.6. The summed E-state index contributed by atoms with van der Waals surface area (Å²) in [6, 6.07) is 7.44. The maximum absolute atomic E-state index is 9.42. The maximum Gasteiger partial charge on any atom is 0.143 e. The van der Waals surface area contributed by atoms with Gasteiger partial charge in [-0.15, -0.1) is 11.3 Å². The summed E-state index contributed by atoms with van der Waals surface area (Å²) in [7, 11) is 0. The smallest absolute Gasteiger partial charge is 0.143 e. The fourth-order valence-corrected chi connectivity index (χ4v) is 7.84. The van der Waals surface area contributed by atoms with E-state index in [1.807, 2.05) is 36.4 Å². The summed E-state index contributed by atoms with van der Waals surface area (Å²) >= 11 is 1.38. The molecule has 0 aliphatic rings. The first kappa shape index (κ1) is 18.0. The van der Waals surface area contributed by atoms with E-state index in [0.29, 0.717) is 26.9 Å². The third-order valence-electron chi connectivity index (χ3n) is 9.37. The van der Waals surface area contributed by atoms with Crippen molar-refractivity contribution in [2.24, 2.45) is 0 Å². The SMILES string of the molecule is [2H]c1c([2H])c([2H])c(-c2c([2H])c([2H])c(-c3c([2H])c([2H])c([2H])c(-c4ccc5sc6c(-c7cccc(-c8ccc(-c9c([2H])c([2H])c([2H])c%10c9oc9c([2H])c([2H])c([2H])c([2H])c9%10)cc8)c7)ncnc6c5c4)c3[2H])c([2H])c2[2H])c([2H])c1[2H]. The first-order chi connectivity index (χ1) is 36.1. The fraction of sp³-hybridized carbons (Fsp3) is 0. The van der Waals surface area contributed by atoms with Gasteiger partial charge in [-0.2, -0.15) is 0 Å². The maximum atomic E-state index is 9.42. The molecular weight excluding hydrogens is 701 g/mol. The van der Waals surface area contributed by atoms with Crippen LogP contribution in [0.4, 0.5) is 0 Å². The number of fused-ring (bicyclic) bond motifs is 6. The molecule has 262 valence electrons. The molecule has 0 N–H and O–H groups in total. The Labute approximate surface area is 355 Å². The molecule has 0 aliphatic heterocycles. The van der Waals surface area contributed by atoms with Crippen LogP contribution in [0.15, 0.2) is 198 Å². The molecule has 0 radical (unpaired) electrons. The normalized spacial score (nSPS) is 16.6. The second kappa shape index (κ2) is 13.3. The van der Waals surface area contributed by atoms with Crippen LogP contribution < -0.4 is 0 Å². The Balaban J connectivity index is 0.980. The Morgan fingerprint density at radius 1 is 0.464 bits per heavy atom. The number of furan rings is 1. The molecule has 0 unspecified atom stereocenters. The van der Waals surface area contributed by atoms with Crippen LogP contribution in [0.2, 0.25) is 0 Å². The van der Waals surface area contributed by atoms with Crippen LogP contribution >= 0.6 is 11.3 Å². The number of benzene rings is 8. The molecule has 11 aromatic rings. The Morgan fingerprint density at radius 2 is 1.11 bits per heavy atom. The molecule has 3 aromatic heterocycles. The van der Waals surface area contributed by atoms with Gasteiger partial charge in [-0.25, -0.2) is 9.97 Å². The van der Waals surface area contributed by atoms with Gasteiger partial charge in [0.25, 0.3) is 0 Å². The molecule has 11 rings (SSSR count). The minimum Gasteiger partial charge on any atom is -0.455 e. The van der Waals surface area contributed by atoms with E-state index in [9.17, 15) is 1.37 Å². The summed E-state index contributed by atoms with van der Waals surface area (Å²) in [5, 5.41) is 0.583. The molecule has 56 heavy (non-hydrogen) atoms. The number of aromatic nitrogens is 2. The number of hydrogen-bond acceptors (Lipinski definition) is 4. The van der Waals surface area contributed by atoms with E-state index in [2.05, 4.69) is 9.97 Å². The van der Waals surface area contributed by atoms with E-state index in [0.717, 1.165) is 21.4 Å². The Kier molecular flexibility index (Phi) is 4.28. The van der Waals surface area contributed by atoms with Crippen LogP contribution in [0.1, 0.15) is 27.4 Å². The van der Waals surface area contributed by atoms with Crippen molar-refractivity contribution in [3.63, 3.8) is 0 Å². The lowest BCUT2D eigenvalue weighted by Gasteiger charge is -2.08. The first-order valence-corrected chi connectivity index (χ1v) is 18.0. The largest absolute Gasteiger partial charge is 0.455 e. The number of hydrogen-bond donors (Lipinski definition) is 0. The van der Waals surface area contributed by atoms with Gasteiger partial charge in [-0.1, -0.05) is 157 Å². The second-order valence-corrected chi connectivity index (χ2v) is 13.7. The second-order valence-electron chi connectivity index (χ2n) is 12.6. The molecule has 0 atom stereocenters. The van der Waals surface area contributed by atoms with Gasteiger partial charge >= 0.3 is 0 Å². The number of thiophene rings is 1. The third kappa shape index (κ3) is 5.58. The van der Waals surface area contributed by atoms with Crippen molar-refractivity contribution < 1.29 is 31.8 Å². The molecule has 3 nitrogen and oxygen atoms in total. The van der Waals surface area contributed by atoms with Crippen molar-refractivity contribution in [1.82, 2.24) is 9.97 Å². The number of para-hydroxylation sites is 2. The zero-order valence-corrected chi connectivity index (χ0v) is 29.5. The van der Waals surface area contributed by atoms with Gasteiger partial charge in [0.2, 0.25) is 0 Å². The summed E-state index contributed by atoms with van der Waals surface area (Å²) in [5.41, 5.74) is 1.78. The number of nitrogens with zero attached hydrogens (tertiary/aromatic N) is 2. The van der Waals surface area contributed by atoms with Crippen LogP contribution in [0.5, 0.6) is 0 Å². The average molecular weight is 753 g/mol. The Bertz CT molecular complexity index is 4360. The van der Waals surface area contributed by atoms with E-state index in [1.54, 1.807) is 30.3 Å². The minimum absolute atomic E-state index is 0.000884. The van der Waals surface area contributed by atoms with Gasteiger partial charge in [0.1, 0.15) is 17.5 Å². The van der Waals surface area contributed by atoms with Crippen molar-refractivity contribution in [2.45, 2.75) is 0 Å². The van der Waals surface area contributed by atoms with Crippen molar-refractivity contribution in [3.8, 4) is 66.9 Å². The summed E-state index contributed by atoms with van der Waals surface area (Å²) in [6.45, 7) is 0. The first-order valence-electron chi connectivity index (χ1n) is 27.2.